The van der Waals surface area contributed by atoms with E-state index in [1.165, 1.54) is 0 Å². The van der Waals surface area contributed by atoms with Gasteiger partial charge in [0.05, 0.1) is 5.84 Å². The van der Waals surface area contributed by atoms with Gasteiger partial charge in [0.2, 0.25) is 0 Å². The van der Waals surface area contributed by atoms with Crippen molar-refractivity contribution in [3.05, 3.63) is 48.5 Å². The summed E-state index contributed by atoms with van der Waals surface area (Å²) in [5, 5.41) is 10.3. The van der Waals surface area contributed by atoms with Crippen molar-refractivity contribution in [1.82, 2.24) is 0 Å². The molecular weight excluding hydrogens is 210 g/mol. The average Bonchev–Trinajstić information content (AvgIpc) is 2.29. The van der Waals surface area contributed by atoms with Crippen LogP contribution >= 0.6 is 0 Å². The van der Waals surface area contributed by atoms with Crippen LogP contribution in [-0.4, -0.2) is 5.84 Å². The van der Waals surface area contributed by atoms with Crippen LogP contribution in [0.3, 0.4) is 0 Å². The zero-order chi connectivity index (χ0) is 12.3. The van der Waals surface area contributed by atoms with Gasteiger partial charge in [0.25, 0.3) is 0 Å². The van der Waals surface area contributed by atoms with Crippen LogP contribution in [0.15, 0.2) is 48.5 Å². The molecule has 0 aliphatic heterocycles. The average molecular weight is 225 g/mol. The van der Waals surface area contributed by atoms with Crippen molar-refractivity contribution in [2.24, 2.45) is 0 Å². The van der Waals surface area contributed by atoms with Gasteiger partial charge in [0.15, 0.2) is 0 Å². The molecule has 0 aromatic heterocycles. The molecule has 0 amide bonds. The lowest BCUT2D eigenvalue weighted by Crippen LogP contribution is -2.04. The molecule has 3 nitrogen and oxygen atoms in total. The highest BCUT2D eigenvalue weighted by Crippen LogP contribution is 2.23. The highest BCUT2D eigenvalue weighted by atomic mass is 14.9. The van der Waals surface area contributed by atoms with E-state index < -0.39 is 0 Å². The molecule has 0 atom stereocenters. The zero-order valence-electron chi connectivity index (χ0n) is 9.70. The molecule has 2 rings (SSSR count). The molecule has 86 valence electrons. The molecule has 0 bridgehead atoms. The summed E-state index contributed by atoms with van der Waals surface area (Å²) < 4.78 is 0. The Kier molecular flexibility index (Phi) is 3.10. The molecular formula is C14H15N3. The fourth-order valence-corrected chi connectivity index (χ4v) is 1.68. The molecule has 0 saturated heterocycles. The summed E-state index contributed by atoms with van der Waals surface area (Å²) in [7, 11) is 0. The molecule has 0 saturated carbocycles. The SMILES string of the molecule is CC(=N)Nc1ccc(-c2cccc(N)c2)cc1. The Morgan fingerprint density at radius 3 is 2.35 bits per heavy atom. The summed E-state index contributed by atoms with van der Waals surface area (Å²) in [4.78, 5) is 0. The number of nitrogen functional groups attached to an aromatic ring is 1. The number of nitrogens with one attached hydrogen (secondary N) is 2. The van der Waals surface area contributed by atoms with Crippen LogP contribution in [0.4, 0.5) is 11.4 Å². The Hall–Kier alpha value is -2.29. The van der Waals surface area contributed by atoms with Gasteiger partial charge in [0.1, 0.15) is 0 Å². The minimum Gasteiger partial charge on any atom is -0.399 e. The Morgan fingerprint density at radius 2 is 1.76 bits per heavy atom. The lowest BCUT2D eigenvalue weighted by Gasteiger charge is -2.06. The van der Waals surface area contributed by atoms with Crippen molar-refractivity contribution in [3.8, 4) is 11.1 Å². The molecule has 0 aliphatic carbocycles. The molecule has 3 heteroatoms. The molecule has 2 aromatic rings. The smallest absolute Gasteiger partial charge is 0.0944 e. The second kappa shape index (κ2) is 4.70. The Labute approximate surface area is 101 Å². The molecule has 0 heterocycles. The molecule has 17 heavy (non-hydrogen) atoms. The minimum atomic E-state index is 0.432. The highest BCUT2D eigenvalue weighted by molar-refractivity contribution is 5.91. The van der Waals surface area contributed by atoms with Crippen LogP contribution in [-0.2, 0) is 0 Å². The van der Waals surface area contributed by atoms with Crippen LogP contribution in [0.25, 0.3) is 11.1 Å². The maximum absolute atomic E-state index is 7.35. The Morgan fingerprint density at radius 1 is 1.06 bits per heavy atom. The Bertz CT molecular complexity index is 529. The first-order chi connectivity index (χ1) is 8.15. The fraction of sp³-hybridized carbons (Fsp3) is 0.0714. The highest BCUT2D eigenvalue weighted by Gasteiger charge is 1.98. The minimum absolute atomic E-state index is 0.432. The van der Waals surface area contributed by atoms with E-state index in [1.54, 1.807) is 6.92 Å². The van der Waals surface area contributed by atoms with E-state index in [4.69, 9.17) is 11.1 Å². The number of hydrogen-bond acceptors (Lipinski definition) is 2. The van der Waals surface area contributed by atoms with Gasteiger partial charge in [-0.1, -0.05) is 24.3 Å². The van der Waals surface area contributed by atoms with Crippen molar-refractivity contribution >= 4 is 17.2 Å². The second-order valence-corrected chi connectivity index (χ2v) is 3.95. The summed E-state index contributed by atoms with van der Waals surface area (Å²) in [5.41, 5.74) is 9.65. The van der Waals surface area contributed by atoms with Crippen LogP contribution in [0.2, 0.25) is 0 Å². The monoisotopic (exact) mass is 225 g/mol. The summed E-state index contributed by atoms with van der Waals surface area (Å²) in [6.07, 6.45) is 0. The number of benzene rings is 2. The van der Waals surface area contributed by atoms with Crippen LogP contribution in [0.1, 0.15) is 6.92 Å². The van der Waals surface area contributed by atoms with Crippen molar-refractivity contribution in [1.29, 1.82) is 5.41 Å². The van der Waals surface area contributed by atoms with Crippen molar-refractivity contribution in [2.75, 3.05) is 11.1 Å². The van der Waals surface area contributed by atoms with Crippen molar-refractivity contribution in [2.45, 2.75) is 6.92 Å². The van der Waals surface area contributed by atoms with Gasteiger partial charge < -0.3 is 11.1 Å². The first kappa shape index (κ1) is 11.2. The second-order valence-electron chi connectivity index (χ2n) is 3.95. The van der Waals surface area contributed by atoms with Crippen molar-refractivity contribution in [3.63, 3.8) is 0 Å². The van der Waals surface area contributed by atoms with Gasteiger partial charge in [-0.15, -0.1) is 0 Å². The predicted molar refractivity (Wildman–Crippen MR) is 73.3 cm³/mol. The van der Waals surface area contributed by atoms with Crippen molar-refractivity contribution < 1.29 is 0 Å². The van der Waals surface area contributed by atoms with E-state index in [1.807, 2.05) is 48.5 Å². The predicted octanol–water partition coefficient (Wildman–Crippen LogP) is 3.34. The van der Waals surface area contributed by atoms with Crippen LogP contribution in [0, 0.1) is 5.41 Å². The molecule has 0 unspecified atom stereocenters. The summed E-state index contributed by atoms with van der Waals surface area (Å²) >= 11 is 0. The summed E-state index contributed by atoms with van der Waals surface area (Å²) in [6, 6.07) is 15.7. The Balaban J connectivity index is 2.26. The van der Waals surface area contributed by atoms with Gasteiger partial charge in [-0.25, -0.2) is 0 Å². The van der Waals surface area contributed by atoms with Crippen LogP contribution in [0.5, 0.6) is 0 Å². The third kappa shape index (κ3) is 2.84. The standard InChI is InChI=1S/C14H15N3/c1-10(15)17-14-7-5-11(6-8-14)12-3-2-4-13(16)9-12/h2-9H,16H2,1H3,(H2,15,17). The molecule has 0 aliphatic rings. The first-order valence-corrected chi connectivity index (χ1v) is 5.43. The van der Waals surface area contributed by atoms with Gasteiger partial charge >= 0.3 is 0 Å². The van der Waals surface area contributed by atoms with Crippen LogP contribution < -0.4 is 11.1 Å². The van der Waals surface area contributed by atoms with E-state index in [0.29, 0.717) is 5.84 Å². The van der Waals surface area contributed by atoms with E-state index >= 15 is 0 Å². The largest absolute Gasteiger partial charge is 0.399 e. The first-order valence-electron chi connectivity index (χ1n) is 5.43. The number of hydrogen-bond donors (Lipinski definition) is 3. The molecule has 0 fully saturated rings. The zero-order valence-corrected chi connectivity index (χ0v) is 9.70. The lowest BCUT2D eigenvalue weighted by atomic mass is 10.0. The third-order valence-corrected chi connectivity index (χ3v) is 2.44. The lowest BCUT2D eigenvalue weighted by molar-refractivity contribution is 1.44. The molecule has 2 aromatic carbocycles. The maximum atomic E-state index is 7.35. The topological polar surface area (TPSA) is 61.9 Å². The number of nitrogens with two attached hydrogens (primary N) is 1. The van der Waals surface area contributed by atoms with E-state index in [9.17, 15) is 0 Å². The van der Waals surface area contributed by atoms with Gasteiger partial charge in [0, 0.05) is 11.4 Å². The number of rotatable bonds is 2. The molecule has 4 N–H and O–H groups in total. The summed E-state index contributed by atoms with van der Waals surface area (Å²) in [5.74, 6) is 0.432. The molecule has 0 radical (unpaired) electrons. The summed E-state index contributed by atoms with van der Waals surface area (Å²) in [6.45, 7) is 1.71. The van der Waals surface area contributed by atoms with E-state index in [2.05, 4.69) is 5.32 Å². The van der Waals surface area contributed by atoms with Gasteiger partial charge in [-0.05, 0) is 42.3 Å². The quantitative estimate of drug-likeness (QED) is 0.417. The fourth-order valence-electron chi connectivity index (χ4n) is 1.68. The third-order valence-electron chi connectivity index (χ3n) is 2.44. The maximum Gasteiger partial charge on any atom is 0.0944 e. The normalized spacial score (nSPS) is 9.94. The number of anilines is 2. The van der Waals surface area contributed by atoms with Gasteiger partial charge in [-0.2, -0.15) is 0 Å². The van der Waals surface area contributed by atoms with E-state index in [0.717, 1.165) is 22.5 Å². The number of amidine groups is 1. The van der Waals surface area contributed by atoms with Gasteiger partial charge in [-0.3, -0.25) is 5.41 Å². The molecule has 0 spiro atoms. The van der Waals surface area contributed by atoms with E-state index in [-0.39, 0.29) is 0 Å².